The number of amides is 2. The van der Waals surface area contributed by atoms with E-state index in [0.717, 1.165) is 0 Å². The van der Waals surface area contributed by atoms with E-state index in [4.69, 9.17) is 31.3 Å². The zero-order chi connectivity index (χ0) is 20.7. The summed E-state index contributed by atoms with van der Waals surface area (Å²) in [7, 11) is 0. The van der Waals surface area contributed by atoms with Gasteiger partial charge >= 0.3 is 11.9 Å². The van der Waals surface area contributed by atoms with Crippen molar-refractivity contribution in [2.24, 2.45) is 5.73 Å². The Kier molecular flexibility index (Phi) is 15.5. The SMILES string of the molecule is N[C@@H](CCC(=O)N[C@@H](CS)C(=O)NCC(=O)O)C(=O)O.OCC(O)CO. The van der Waals surface area contributed by atoms with Crippen molar-refractivity contribution in [1.29, 1.82) is 0 Å². The topological polar surface area (TPSA) is 220 Å². The van der Waals surface area contributed by atoms with E-state index in [-0.39, 0.29) is 31.8 Å². The Hall–Kier alpha value is -1.93. The van der Waals surface area contributed by atoms with E-state index in [1.807, 2.05) is 0 Å². The van der Waals surface area contributed by atoms with Crippen molar-refractivity contribution >= 4 is 36.4 Å². The lowest BCUT2D eigenvalue weighted by molar-refractivity contribution is -0.139. The molecule has 12 nitrogen and oxygen atoms in total. The number of aliphatic hydroxyl groups is 3. The van der Waals surface area contributed by atoms with Crippen molar-refractivity contribution in [2.75, 3.05) is 25.5 Å². The second-order valence-electron chi connectivity index (χ2n) is 4.92. The van der Waals surface area contributed by atoms with Crippen LogP contribution in [0.3, 0.4) is 0 Å². The Morgan fingerprint density at radius 3 is 1.96 bits per heavy atom. The number of carbonyl (C=O) groups excluding carboxylic acids is 2. The number of carbonyl (C=O) groups is 4. The zero-order valence-electron chi connectivity index (χ0n) is 13.9. The Morgan fingerprint density at radius 1 is 1.08 bits per heavy atom. The van der Waals surface area contributed by atoms with Crippen molar-refractivity contribution in [3.63, 3.8) is 0 Å². The van der Waals surface area contributed by atoms with Gasteiger partial charge in [-0.05, 0) is 6.42 Å². The van der Waals surface area contributed by atoms with Gasteiger partial charge in [0.2, 0.25) is 11.8 Å². The van der Waals surface area contributed by atoms with Crippen molar-refractivity contribution in [2.45, 2.75) is 31.0 Å². The zero-order valence-corrected chi connectivity index (χ0v) is 14.8. The molecule has 0 aromatic heterocycles. The average molecular weight is 399 g/mol. The molecule has 2 atom stereocenters. The predicted molar refractivity (Wildman–Crippen MR) is 91.5 cm³/mol. The number of aliphatic carboxylic acids is 2. The first-order valence-electron chi connectivity index (χ1n) is 7.36. The summed E-state index contributed by atoms with van der Waals surface area (Å²) in [5.74, 6) is -3.70. The van der Waals surface area contributed by atoms with Crippen LogP contribution in [0.1, 0.15) is 12.8 Å². The molecule has 13 heteroatoms. The molecule has 0 radical (unpaired) electrons. The van der Waals surface area contributed by atoms with Crippen LogP contribution >= 0.6 is 12.6 Å². The smallest absolute Gasteiger partial charge is 0.322 e. The number of carboxylic acids is 2. The van der Waals surface area contributed by atoms with Gasteiger partial charge in [-0.1, -0.05) is 0 Å². The molecule has 152 valence electrons. The minimum atomic E-state index is -1.22. The predicted octanol–water partition coefficient (Wildman–Crippen LogP) is -3.87. The standard InChI is InChI=1S/C10H17N3O6S.C3H8O3/c11-5(10(18)19)1-2-7(14)13-6(4-20)9(17)12-3-8(15)16;4-1-3(6)2-5/h5-6,20H,1-4,11H2,(H,12,17)(H,13,14)(H,15,16)(H,18,19);3-6H,1-2H2/t5-,6-;/m0./s1. The lowest BCUT2D eigenvalue weighted by Gasteiger charge is -2.16. The van der Waals surface area contributed by atoms with Gasteiger partial charge in [0, 0.05) is 12.2 Å². The number of nitrogens with two attached hydrogens (primary N) is 1. The van der Waals surface area contributed by atoms with Gasteiger partial charge in [0.05, 0.1) is 13.2 Å². The van der Waals surface area contributed by atoms with Gasteiger partial charge in [0.1, 0.15) is 24.7 Å². The summed E-state index contributed by atoms with van der Waals surface area (Å²) in [5, 5.41) is 45.4. The van der Waals surface area contributed by atoms with Crippen LogP contribution in [0.4, 0.5) is 0 Å². The minimum absolute atomic E-state index is 0.0256. The van der Waals surface area contributed by atoms with Crippen molar-refractivity contribution in [1.82, 2.24) is 10.6 Å². The number of nitrogens with one attached hydrogen (secondary N) is 2. The van der Waals surface area contributed by atoms with Gasteiger partial charge in [-0.3, -0.25) is 19.2 Å². The molecule has 0 aromatic rings. The molecule has 0 saturated carbocycles. The third-order valence-corrected chi connectivity index (χ3v) is 3.03. The maximum atomic E-state index is 11.5. The van der Waals surface area contributed by atoms with E-state index in [1.54, 1.807) is 0 Å². The summed E-state index contributed by atoms with van der Waals surface area (Å²) in [6.45, 7) is -1.30. The third kappa shape index (κ3) is 14.4. The molecule has 0 aliphatic carbocycles. The Morgan fingerprint density at radius 2 is 1.62 bits per heavy atom. The Labute approximate surface area is 154 Å². The Balaban J connectivity index is 0. The first-order valence-corrected chi connectivity index (χ1v) is 8.00. The average Bonchev–Trinajstić information content (AvgIpc) is 2.61. The van der Waals surface area contributed by atoms with Crippen LogP contribution in [0.5, 0.6) is 0 Å². The summed E-state index contributed by atoms with van der Waals surface area (Å²) in [4.78, 5) is 43.7. The first kappa shape index (κ1) is 26.3. The molecule has 0 fully saturated rings. The van der Waals surface area contributed by atoms with Crippen LogP contribution in [-0.4, -0.2) is 93.0 Å². The number of hydrogen-bond acceptors (Lipinski definition) is 9. The van der Waals surface area contributed by atoms with Crippen LogP contribution in [0.25, 0.3) is 0 Å². The van der Waals surface area contributed by atoms with E-state index in [9.17, 15) is 19.2 Å². The fraction of sp³-hybridized carbons (Fsp3) is 0.692. The molecule has 0 aliphatic rings. The summed E-state index contributed by atoms with van der Waals surface area (Å²) in [6, 6.07) is -2.15. The molecule has 0 aliphatic heterocycles. The number of thiol groups is 1. The minimum Gasteiger partial charge on any atom is -0.480 e. The summed E-state index contributed by atoms with van der Waals surface area (Å²) in [6.07, 6.45) is -1.19. The maximum Gasteiger partial charge on any atom is 0.322 e. The lowest BCUT2D eigenvalue weighted by Crippen LogP contribution is -2.49. The third-order valence-electron chi connectivity index (χ3n) is 2.67. The molecule has 0 saturated heterocycles. The quantitative estimate of drug-likeness (QED) is 0.154. The summed E-state index contributed by atoms with van der Waals surface area (Å²) in [5.41, 5.74) is 5.23. The van der Waals surface area contributed by atoms with Gasteiger partial charge in [0.15, 0.2) is 0 Å². The largest absolute Gasteiger partial charge is 0.480 e. The lowest BCUT2D eigenvalue weighted by atomic mass is 10.1. The highest BCUT2D eigenvalue weighted by molar-refractivity contribution is 7.80. The van der Waals surface area contributed by atoms with Crippen molar-refractivity contribution in [3.05, 3.63) is 0 Å². The monoisotopic (exact) mass is 399 g/mol. The summed E-state index contributed by atoms with van der Waals surface area (Å²) >= 11 is 3.87. The highest BCUT2D eigenvalue weighted by Crippen LogP contribution is 1.97. The molecular formula is C13H25N3O9S. The molecule has 0 bridgehead atoms. The molecule has 0 unspecified atom stereocenters. The van der Waals surface area contributed by atoms with Crippen molar-refractivity contribution < 1.29 is 44.7 Å². The fourth-order valence-corrected chi connectivity index (χ4v) is 1.47. The number of rotatable bonds is 11. The highest BCUT2D eigenvalue weighted by atomic mass is 32.1. The Bertz CT molecular complexity index is 460. The molecule has 2 amide bonds. The van der Waals surface area contributed by atoms with E-state index in [2.05, 4.69) is 23.3 Å². The number of carboxylic acid groups (broad SMARTS) is 2. The molecule has 0 spiro atoms. The van der Waals surface area contributed by atoms with E-state index in [0.29, 0.717) is 0 Å². The van der Waals surface area contributed by atoms with Gasteiger partial charge in [-0.15, -0.1) is 0 Å². The second kappa shape index (κ2) is 15.3. The van der Waals surface area contributed by atoms with E-state index >= 15 is 0 Å². The van der Waals surface area contributed by atoms with Crippen LogP contribution in [0, 0.1) is 0 Å². The van der Waals surface area contributed by atoms with Crippen LogP contribution in [-0.2, 0) is 19.2 Å². The second-order valence-corrected chi connectivity index (χ2v) is 5.28. The van der Waals surface area contributed by atoms with Gasteiger partial charge in [-0.2, -0.15) is 12.6 Å². The van der Waals surface area contributed by atoms with Crippen LogP contribution in [0.2, 0.25) is 0 Å². The van der Waals surface area contributed by atoms with E-state index in [1.165, 1.54) is 0 Å². The highest BCUT2D eigenvalue weighted by Gasteiger charge is 2.20. The van der Waals surface area contributed by atoms with Gasteiger partial charge in [-0.25, -0.2) is 0 Å². The molecule has 9 N–H and O–H groups in total. The first-order chi connectivity index (χ1) is 12.1. The molecular weight excluding hydrogens is 374 g/mol. The maximum absolute atomic E-state index is 11.5. The van der Waals surface area contributed by atoms with Gasteiger partial charge < -0.3 is 41.9 Å². The van der Waals surface area contributed by atoms with Crippen molar-refractivity contribution in [3.8, 4) is 0 Å². The number of aliphatic hydroxyl groups excluding tert-OH is 3. The van der Waals surface area contributed by atoms with E-state index < -0.39 is 48.5 Å². The van der Waals surface area contributed by atoms with Crippen LogP contribution in [0.15, 0.2) is 0 Å². The van der Waals surface area contributed by atoms with Crippen LogP contribution < -0.4 is 16.4 Å². The molecule has 26 heavy (non-hydrogen) atoms. The molecule has 0 rings (SSSR count). The molecule has 0 aromatic carbocycles. The van der Waals surface area contributed by atoms with Gasteiger partial charge in [0.25, 0.3) is 0 Å². The summed E-state index contributed by atoms with van der Waals surface area (Å²) < 4.78 is 0. The fourth-order valence-electron chi connectivity index (χ4n) is 1.21. The normalized spacial score (nSPS) is 12.4. The molecule has 0 heterocycles. The number of hydrogen-bond donors (Lipinski definition) is 9.